The fourth-order valence-corrected chi connectivity index (χ4v) is 3.29. The average Bonchev–Trinajstić information content (AvgIpc) is 2.52. The Morgan fingerprint density at radius 3 is 2.61 bits per heavy atom. The van der Waals surface area contributed by atoms with Gasteiger partial charge in [-0.15, -0.1) is 24.2 Å². The van der Waals surface area contributed by atoms with Gasteiger partial charge in [0.2, 0.25) is 5.91 Å². The summed E-state index contributed by atoms with van der Waals surface area (Å²) in [4.78, 5) is 14.3. The number of nitrogens with one attached hydrogen (secondary N) is 1. The summed E-state index contributed by atoms with van der Waals surface area (Å²) in [6.45, 7) is 1.78. The fourth-order valence-electron chi connectivity index (χ4n) is 2.41. The zero-order valence-corrected chi connectivity index (χ0v) is 14.4. The number of hydrogen-bond donors (Lipinski definition) is 1. The van der Waals surface area contributed by atoms with Crippen molar-refractivity contribution in [3.8, 4) is 0 Å². The summed E-state index contributed by atoms with van der Waals surface area (Å²) >= 11 is 1.14. The van der Waals surface area contributed by atoms with Gasteiger partial charge in [-0.05, 0) is 44.1 Å². The molecule has 0 bridgehead atoms. The summed E-state index contributed by atoms with van der Waals surface area (Å²) < 4.78 is 37.9. The van der Waals surface area contributed by atoms with Crippen molar-refractivity contribution in [1.29, 1.82) is 0 Å². The van der Waals surface area contributed by atoms with E-state index in [1.807, 2.05) is 0 Å². The van der Waals surface area contributed by atoms with Gasteiger partial charge in [-0.25, -0.2) is 0 Å². The highest BCUT2D eigenvalue weighted by atomic mass is 35.5. The largest absolute Gasteiger partial charge is 0.416 e. The predicted molar refractivity (Wildman–Crippen MR) is 88.1 cm³/mol. The Labute approximate surface area is 144 Å². The van der Waals surface area contributed by atoms with Gasteiger partial charge in [-0.3, -0.25) is 4.79 Å². The van der Waals surface area contributed by atoms with Crippen LogP contribution >= 0.6 is 24.2 Å². The van der Waals surface area contributed by atoms with E-state index in [1.54, 1.807) is 18.0 Å². The molecule has 1 aliphatic rings. The normalized spacial score (nSPS) is 15.8. The SMILES string of the molecule is CN(C(=O)CSc1cccc(C(F)(F)F)c1)C1CCNCC1.Cl. The molecule has 0 aromatic heterocycles. The van der Waals surface area contributed by atoms with E-state index in [-0.39, 0.29) is 30.1 Å². The molecule has 1 aliphatic heterocycles. The molecule has 23 heavy (non-hydrogen) atoms. The molecule has 0 unspecified atom stereocenters. The van der Waals surface area contributed by atoms with Crippen molar-refractivity contribution >= 4 is 30.1 Å². The lowest BCUT2D eigenvalue weighted by molar-refractivity contribution is -0.137. The van der Waals surface area contributed by atoms with E-state index in [0.717, 1.165) is 49.8 Å². The molecule has 1 amide bonds. The molecule has 1 aromatic rings. The first-order valence-electron chi connectivity index (χ1n) is 7.14. The Kier molecular flexibility index (Phi) is 7.70. The second-order valence-corrected chi connectivity index (χ2v) is 6.35. The lowest BCUT2D eigenvalue weighted by Gasteiger charge is -2.31. The van der Waals surface area contributed by atoms with Crippen molar-refractivity contribution in [2.45, 2.75) is 30.0 Å². The first kappa shape index (κ1) is 20.1. The second kappa shape index (κ2) is 8.80. The van der Waals surface area contributed by atoms with Crippen LogP contribution in [-0.4, -0.2) is 42.7 Å². The van der Waals surface area contributed by atoms with Crippen molar-refractivity contribution in [1.82, 2.24) is 10.2 Å². The highest BCUT2D eigenvalue weighted by molar-refractivity contribution is 8.00. The van der Waals surface area contributed by atoms with Crippen molar-refractivity contribution in [2.75, 3.05) is 25.9 Å². The van der Waals surface area contributed by atoms with Gasteiger partial charge in [0.1, 0.15) is 0 Å². The Hall–Kier alpha value is -0.920. The van der Waals surface area contributed by atoms with Crippen LogP contribution in [0, 0.1) is 0 Å². The summed E-state index contributed by atoms with van der Waals surface area (Å²) in [7, 11) is 1.77. The van der Waals surface area contributed by atoms with Gasteiger partial charge in [0, 0.05) is 18.0 Å². The molecular formula is C15H20ClF3N2OS. The summed E-state index contributed by atoms with van der Waals surface area (Å²) in [5.74, 6) is 0.108. The van der Waals surface area contributed by atoms with Crippen LogP contribution in [0.2, 0.25) is 0 Å². The second-order valence-electron chi connectivity index (χ2n) is 5.30. The Morgan fingerprint density at radius 1 is 1.35 bits per heavy atom. The van der Waals surface area contributed by atoms with Crippen LogP contribution in [0.3, 0.4) is 0 Å². The van der Waals surface area contributed by atoms with Crippen LogP contribution < -0.4 is 5.32 Å². The molecule has 8 heteroatoms. The van der Waals surface area contributed by atoms with E-state index in [0.29, 0.717) is 4.90 Å². The number of piperidine rings is 1. The lowest BCUT2D eigenvalue weighted by Crippen LogP contribution is -2.44. The quantitative estimate of drug-likeness (QED) is 0.826. The van der Waals surface area contributed by atoms with Gasteiger partial charge >= 0.3 is 6.18 Å². The molecule has 1 heterocycles. The highest BCUT2D eigenvalue weighted by Crippen LogP contribution is 2.32. The molecule has 3 nitrogen and oxygen atoms in total. The van der Waals surface area contributed by atoms with Crippen molar-refractivity contribution in [3.63, 3.8) is 0 Å². The first-order chi connectivity index (χ1) is 10.4. The minimum atomic E-state index is -4.35. The summed E-state index contributed by atoms with van der Waals surface area (Å²) in [6.07, 6.45) is -2.53. The molecule has 1 aromatic carbocycles. The van der Waals surface area contributed by atoms with E-state index in [4.69, 9.17) is 0 Å². The molecular weight excluding hydrogens is 349 g/mol. The van der Waals surface area contributed by atoms with Gasteiger partial charge in [0.25, 0.3) is 0 Å². The van der Waals surface area contributed by atoms with Crippen molar-refractivity contribution < 1.29 is 18.0 Å². The maximum atomic E-state index is 12.6. The number of alkyl halides is 3. The van der Waals surface area contributed by atoms with Crippen molar-refractivity contribution in [3.05, 3.63) is 29.8 Å². The molecule has 2 rings (SSSR count). The molecule has 130 valence electrons. The molecule has 0 spiro atoms. The average molecular weight is 369 g/mol. The minimum Gasteiger partial charge on any atom is -0.342 e. The third-order valence-electron chi connectivity index (χ3n) is 3.77. The number of carbonyl (C=O) groups is 1. The van der Waals surface area contributed by atoms with Gasteiger partial charge in [0.15, 0.2) is 0 Å². The molecule has 1 N–H and O–H groups in total. The number of rotatable bonds is 4. The third kappa shape index (κ3) is 5.90. The molecule has 0 atom stereocenters. The summed E-state index contributed by atoms with van der Waals surface area (Å²) in [5, 5.41) is 3.24. The Morgan fingerprint density at radius 2 is 2.00 bits per heavy atom. The van der Waals surface area contributed by atoms with Gasteiger partial charge < -0.3 is 10.2 Å². The van der Waals surface area contributed by atoms with E-state index < -0.39 is 11.7 Å². The Bertz CT molecular complexity index is 522. The topological polar surface area (TPSA) is 32.3 Å². The fraction of sp³-hybridized carbons (Fsp3) is 0.533. The number of amides is 1. The van der Waals surface area contributed by atoms with Gasteiger partial charge in [-0.2, -0.15) is 13.2 Å². The monoisotopic (exact) mass is 368 g/mol. The van der Waals surface area contributed by atoms with Crippen LogP contribution in [-0.2, 0) is 11.0 Å². The molecule has 0 aliphatic carbocycles. The smallest absolute Gasteiger partial charge is 0.342 e. The predicted octanol–water partition coefficient (Wildman–Crippen LogP) is 3.43. The number of benzene rings is 1. The first-order valence-corrected chi connectivity index (χ1v) is 8.13. The van der Waals surface area contributed by atoms with Gasteiger partial charge in [-0.1, -0.05) is 6.07 Å². The number of hydrogen-bond acceptors (Lipinski definition) is 3. The van der Waals surface area contributed by atoms with Gasteiger partial charge in [0.05, 0.1) is 11.3 Å². The van der Waals surface area contributed by atoms with Crippen molar-refractivity contribution in [2.24, 2.45) is 0 Å². The van der Waals surface area contributed by atoms with Crippen LogP contribution in [0.5, 0.6) is 0 Å². The number of thioether (sulfide) groups is 1. The standard InChI is InChI=1S/C15H19F3N2OS.ClH/c1-20(12-5-7-19-8-6-12)14(21)10-22-13-4-2-3-11(9-13)15(16,17)18;/h2-4,9,12,19H,5-8,10H2,1H3;1H. The van der Waals surface area contributed by atoms with E-state index in [2.05, 4.69) is 5.32 Å². The van der Waals surface area contributed by atoms with Crippen LogP contribution in [0.1, 0.15) is 18.4 Å². The van der Waals surface area contributed by atoms with E-state index in [9.17, 15) is 18.0 Å². The summed E-state index contributed by atoms with van der Waals surface area (Å²) in [6, 6.07) is 5.30. The maximum Gasteiger partial charge on any atom is 0.416 e. The lowest BCUT2D eigenvalue weighted by atomic mass is 10.1. The Balaban J connectivity index is 0.00000264. The minimum absolute atomic E-state index is 0. The maximum absolute atomic E-state index is 12.6. The molecule has 1 fully saturated rings. The zero-order valence-electron chi connectivity index (χ0n) is 12.7. The number of halogens is 4. The third-order valence-corrected chi connectivity index (χ3v) is 4.75. The molecule has 1 saturated heterocycles. The number of carbonyl (C=O) groups excluding carboxylic acids is 1. The zero-order chi connectivity index (χ0) is 16.2. The summed E-state index contributed by atoms with van der Waals surface area (Å²) in [5.41, 5.74) is -0.684. The number of nitrogens with zero attached hydrogens (tertiary/aromatic N) is 1. The molecule has 0 saturated carbocycles. The van der Waals surface area contributed by atoms with Crippen LogP contribution in [0.15, 0.2) is 29.2 Å². The van der Waals surface area contributed by atoms with E-state index >= 15 is 0 Å². The highest BCUT2D eigenvalue weighted by Gasteiger charge is 2.30. The van der Waals surface area contributed by atoms with Crippen LogP contribution in [0.25, 0.3) is 0 Å². The molecule has 0 radical (unpaired) electrons. The van der Waals surface area contributed by atoms with Crippen LogP contribution in [0.4, 0.5) is 13.2 Å². The van der Waals surface area contributed by atoms with E-state index in [1.165, 1.54) is 6.07 Å².